The molecule has 4 heteroatoms. The summed E-state index contributed by atoms with van der Waals surface area (Å²) in [6.45, 7) is 1.55. The molecule has 0 aliphatic heterocycles. The van der Waals surface area contributed by atoms with E-state index in [0.717, 1.165) is 0 Å². The van der Waals surface area contributed by atoms with Crippen LogP contribution in [0, 0.1) is 17.6 Å². The molecular formula is C24H18F2O2. The number of carbonyl (C=O) groups excluding carboxylic acids is 1. The Morgan fingerprint density at radius 2 is 1.39 bits per heavy atom. The molecule has 28 heavy (non-hydrogen) atoms. The number of halogens is 2. The van der Waals surface area contributed by atoms with Crippen LogP contribution in [-0.4, -0.2) is 10.9 Å². The summed E-state index contributed by atoms with van der Waals surface area (Å²) >= 11 is 0. The number of hydrogen-bond donors (Lipinski definition) is 1. The Balaban J connectivity index is 2.12. The molecule has 3 aromatic rings. The molecule has 2 unspecified atom stereocenters. The van der Waals surface area contributed by atoms with Crippen molar-refractivity contribution < 1.29 is 18.7 Å². The molecule has 0 heterocycles. The van der Waals surface area contributed by atoms with E-state index in [1.54, 1.807) is 49.4 Å². The topological polar surface area (TPSA) is 37.3 Å². The van der Waals surface area contributed by atoms with E-state index in [1.165, 1.54) is 36.4 Å². The molecule has 140 valence electrons. The number of ketones is 1. The fourth-order valence-corrected chi connectivity index (χ4v) is 3.97. The van der Waals surface area contributed by atoms with Gasteiger partial charge in [0.15, 0.2) is 5.78 Å². The highest BCUT2D eigenvalue weighted by Crippen LogP contribution is 2.53. The SMILES string of the molecule is CC1C(=O)C(c2ccccc2)=C(c2ccccc2F)C1(O)c1ccccc1F. The van der Waals surface area contributed by atoms with Gasteiger partial charge in [0.1, 0.15) is 17.2 Å². The standard InChI is InChI=1S/C24H18F2O2/c1-15-23(27)21(16-9-3-2-4-10-16)22(17-11-5-7-13-19(17)25)24(15,28)18-12-6-8-14-20(18)26/h2-15,28H,1H3. The first-order valence-electron chi connectivity index (χ1n) is 9.03. The van der Waals surface area contributed by atoms with E-state index in [4.69, 9.17) is 0 Å². The van der Waals surface area contributed by atoms with Gasteiger partial charge in [0.05, 0.1) is 5.92 Å². The van der Waals surface area contributed by atoms with Crippen LogP contribution in [0.3, 0.4) is 0 Å². The van der Waals surface area contributed by atoms with Gasteiger partial charge < -0.3 is 5.11 Å². The van der Waals surface area contributed by atoms with Crippen molar-refractivity contribution in [1.82, 2.24) is 0 Å². The predicted molar refractivity (Wildman–Crippen MR) is 104 cm³/mol. The third-order valence-electron chi connectivity index (χ3n) is 5.39. The molecule has 2 nitrogen and oxygen atoms in total. The number of rotatable bonds is 3. The minimum absolute atomic E-state index is 0.0416. The van der Waals surface area contributed by atoms with E-state index < -0.39 is 23.2 Å². The summed E-state index contributed by atoms with van der Waals surface area (Å²) in [6, 6.07) is 20.5. The van der Waals surface area contributed by atoms with Crippen LogP contribution in [0.25, 0.3) is 11.1 Å². The van der Waals surface area contributed by atoms with Crippen molar-refractivity contribution in [3.05, 3.63) is 107 Å². The quantitative estimate of drug-likeness (QED) is 0.700. The maximum atomic E-state index is 14.8. The van der Waals surface area contributed by atoms with Crippen molar-refractivity contribution in [2.24, 2.45) is 5.92 Å². The Labute approximate surface area is 161 Å². The monoisotopic (exact) mass is 376 g/mol. The van der Waals surface area contributed by atoms with Crippen LogP contribution in [0.15, 0.2) is 78.9 Å². The molecular weight excluding hydrogens is 358 g/mol. The normalized spacial score (nSPS) is 22.0. The van der Waals surface area contributed by atoms with Gasteiger partial charge in [-0.15, -0.1) is 0 Å². The van der Waals surface area contributed by atoms with Gasteiger partial charge in [0.2, 0.25) is 0 Å². The van der Waals surface area contributed by atoms with Crippen molar-refractivity contribution in [2.45, 2.75) is 12.5 Å². The first kappa shape index (κ1) is 18.3. The number of carbonyl (C=O) groups is 1. The van der Waals surface area contributed by atoms with Crippen LogP contribution in [-0.2, 0) is 10.4 Å². The summed E-state index contributed by atoms with van der Waals surface area (Å²) in [5.74, 6) is -2.56. The van der Waals surface area contributed by atoms with Gasteiger partial charge in [-0.2, -0.15) is 0 Å². The maximum absolute atomic E-state index is 14.8. The Bertz CT molecular complexity index is 1090. The number of aliphatic hydroxyl groups is 1. The van der Waals surface area contributed by atoms with Crippen molar-refractivity contribution in [1.29, 1.82) is 0 Å². The zero-order chi connectivity index (χ0) is 19.9. The van der Waals surface area contributed by atoms with Crippen LogP contribution >= 0.6 is 0 Å². The summed E-state index contributed by atoms with van der Waals surface area (Å²) in [5.41, 5.74) is -1.08. The molecule has 0 fully saturated rings. The van der Waals surface area contributed by atoms with Crippen LogP contribution in [0.4, 0.5) is 8.78 Å². The lowest BCUT2D eigenvalue weighted by Gasteiger charge is -2.31. The minimum atomic E-state index is -1.99. The van der Waals surface area contributed by atoms with Gasteiger partial charge in [0, 0.05) is 22.3 Å². The van der Waals surface area contributed by atoms with Crippen molar-refractivity contribution in [3.63, 3.8) is 0 Å². The highest BCUT2D eigenvalue weighted by molar-refractivity contribution is 6.33. The van der Waals surface area contributed by atoms with Crippen LogP contribution < -0.4 is 0 Å². The van der Waals surface area contributed by atoms with Crippen LogP contribution in [0.2, 0.25) is 0 Å². The summed E-state index contributed by atoms with van der Waals surface area (Å²) in [6.07, 6.45) is 0. The lowest BCUT2D eigenvalue weighted by Crippen LogP contribution is -2.35. The summed E-state index contributed by atoms with van der Waals surface area (Å²) in [5, 5.41) is 11.8. The highest BCUT2D eigenvalue weighted by atomic mass is 19.1. The predicted octanol–water partition coefficient (Wildman–Crippen LogP) is 4.98. The highest BCUT2D eigenvalue weighted by Gasteiger charge is 2.53. The van der Waals surface area contributed by atoms with Crippen molar-refractivity contribution in [3.8, 4) is 0 Å². The molecule has 4 rings (SSSR count). The molecule has 3 aromatic carbocycles. The molecule has 1 N–H and O–H groups in total. The van der Waals surface area contributed by atoms with Crippen molar-refractivity contribution >= 4 is 16.9 Å². The molecule has 0 amide bonds. The second-order valence-electron chi connectivity index (χ2n) is 6.93. The fraction of sp³-hybridized carbons (Fsp3) is 0.125. The zero-order valence-electron chi connectivity index (χ0n) is 15.2. The van der Waals surface area contributed by atoms with Gasteiger partial charge in [-0.25, -0.2) is 8.78 Å². The Morgan fingerprint density at radius 3 is 2.04 bits per heavy atom. The minimum Gasteiger partial charge on any atom is -0.379 e. The molecule has 2 atom stereocenters. The second kappa shape index (κ2) is 6.80. The molecule has 1 aliphatic carbocycles. The van der Waals surface area contributed by atoms with Gasteiger partial charge in [-0.1, -0.05) is 73.7 Å². The smallest absolute Gasteiger partial charge is 0.170 e. The number of hydrogen-bond acceptors (Lipinski definition) is 2. The molecule has 0 saturated heterocycles. The summed E-state index contributed by atoms with van der Waals surface area (Å²) in [7, 11) is 0. The molecule has 1 aliphatic rings. The van der Waals surface area contributed by atoms with E-state index in [9.17, 15) is 18.7 Å². The van der Waals surface area contributed by atoms with E-state index in [2.05, 4.69) is 0 Å². The summed E-state index contributed by atoms with van der Waals surface area (Å²) < 4.78 is 29.5. The second-order valence-corrected chi connectivity index (χ2v) is 6.93. The molecule has 0 spiro atoms. The largest absolute Gasteiger partial charge is 0.379 e. The van der Waals surface area contributed by atoms with E-state index >= 15 is 0 Å². The van der Waals surface area contributed by atoms with Gasteiger partial charge in [0.25, 0.3) is 0 Å². The number of Topliss-reactive ketones (excluding diaryl/α,β-unsaturated/α-hetero) is 1. The third kappa shape index (κ3) is 2.60. The average Bonchev–Trinajstić information content (AvgIpc) is 2.91. The van der Waals surface area contributed by atoms with Crippen molar-refractivity contribution in [2.75, 3.05) is 0 Å². The first-order chi connectivity index (χ1) is 13.5. The average molecular weight is 376 g/mol. The van der Waals surface area contributed by atoms with E-state index in [1.807, 2.05) is 0 Å². The Hall–Kier alpha value is -3.11. The number of allylic oxidation sites excluding steroid dienone is 1. The molecule has 0 aromatic heterocycles. The molecule has 0 saturated carbocycles. The summed E-state index contributed by atoms with van der Waals surface area (Å²) in [4.78, 5) is 13.2. The lowest BCUT2D eigenvalue weighted by atomic mass is 9.77. The Kier molecular flexibility index (Phi) is 4.44. The van der Waals surface area contributed by atoms with Gasteiger partial charge in [-0.05, 0) is 17.7 Å². The molecule has 0 radical (unpaired) electrons. The Morgan fingerprint density at radius 1 is 0.821 bits per heavy atom. The van der Waals surface area contributed by atoms with Crippen LogP contribution in [0.5, 0.6) is 0 Å². The third-order valence-corrected chi connectivity index (χ3v) is 5.39. The number of benzene rings is 3. The fourth-order valence-electron chi connectivity index (χ4n) is 3.97. The molecule has 0 bridgehead atoms. The first-order valence-corrected chi connectivity index (χ1v) is 9.03. The van der Waals surface area contributed by atoms with Crippen LogP contribution in [0.1, 0.15) is 23.6 Å². The lowest BCUT2D eigenvalue weighted by molar-refractivity contribution is -0.121. The maximum Gasteiger partial charge on any atom is 0.170 e. The zero-order valence-corrected chi connectivity index (χ0v) is 15.2. The van der Waals surface area contributed by atoms with Gasteiger partial charge >= 0.3 is 0 Å². The van der Waals surface area contributed by atoms with E-state index in [-0.39, 0.29) is 28.1 Å². The van der Waals surface area contributed by atoms with Gasteiger partial charge in [-0.3, -0.25) is 4.79 Å². The van der Waals surface area contributed by atoms with E-state index in [0.29, 0.717) is 5.56 Å².